The van der Waals surface area contributed by atoms with Crippen LogP contribution in [0.5, 0.6) is 5.75 Å². The van der Waals surface area contributed by atoms with E-state index in [1.165, 1.54) is 11.3 Å². The van der Waals surface area contributed by atoms with Gasteiger partial charge in [0.2, 0.25) is 0 Å². The van der Waals surface area contributed by atoms with Gasteiger partial charge < -0.3 is 14.5 Å². The van der Waals surface area contributed by atoms with Gasteiger partial charge in [-0.25, -0.2) is 4.98 Å². The number of hydrogen-bond acceptors (Lipinski definition) is 5. The van der Waals surface area contributed by atoms with E-state index in [2.05, 4.69) is 4.98 Å². The largest absolute Gasteiger partial charge is 0.497 e. The SMILES string of the molecule is COc1cccc(C(=O)N2CCN(C(=O)c3cscn3)CC2)c1. The van der Waals surface area contributed by atoms with Crippen molar-refractivity contribution >= 4 is 23.2 Å². The van der Waals surface area contributed by atoms with Crippen LogP contribution in [0.25, 0.3) is 0 Å². The molecule has 3 rings (SSSR count). The second-order valence-electron chi connectivity index (χ2n) is 5.19. The maximum Gasteiger partial charge on any atom is 0.273 e. The predicted molar refractivity (Wildman–Crippen MR) is 86.9 cm³/mol. The highest BCUT2D eigenvalue weighted by Gasteiger charge is 2.26. The molecule has 0 spiro atoms. The molecule has 0 bridgehead atoms. The average Bonchev–Trinajstić information content (AvgIpc) is 3.15. The first-order valence-electron chi connectivity index (χ1n) is 7.30. The number of methoxy groups -OCH3 is 1. The lowest BCUT2D eigenvalue weighted by atomic mass is 10.1. The number of aromatic nitrogens is 1. The van der Waals surface area contributed by atoms with E-state index in [0.717, 1.165) is 0 Å². The van der Waals surface area contributed by atoms with Crippen LogP contribution in [0, 0.1) is 0 Å². The monoisotopic (exact) mass is 331 g/mol. The average molecular weight is 331 g/mol. The van der Waals surface area contributed by atoms with Crippen LogP contribution >= 0.6 is 11.3 Å². The van der Waals surface area contributed by atoms with E-state index in [4.69, 9.17) is 4.74 Å². The molecule has 1 aliphatic heterocycles. The minimum atomic E-state index is -0.0697. The van der Waals surface area contributed by atoms with E-state index in [1.54, 1.807) is 52.1 Å². The molecule has 23 heavy (non-hydrogen) atoms. The molecular weight excluding hydrogens is 314 g/mol. The van der Waals surface area contributed by atoms with Gasteiger partial charge in [-0.05, 0) is 18.2 Å². The topological polar surface area (TPSA) is 62.7 Å². The van der Waals surface area contributed by atoms with Gasteiger partial charge in [-0.3, -0.25) is 9.59 Å². The first-order valence-corrected chi connectivity index (χ1v) is 8.24. The molecule has 7 heteroatoms. The van der Waals surface area contributed by atoms with Crippen molar-refractivity contribution < 1.29 is 14.3 Å². The number of piperazine rings is 1. The number of ether oxygens (including phenoxy) is 1. The van der Waals surface area contributed by atoms with E-state index < -0.39 is 0 Å². The van der Waals surface area contributed by atoms with Crippen LogP contribution in [-0.4, -0.2) is 59.9 Å². The van der Waals surface area contributed by atoms with Crippen LogP contribution < -0.4 is 4.74 Å². The zero-order valence-corrected chi connectivity index (χ0v) is 13.6. The minimum Gasteiger partial charge on any atom is -0.497 e. The molecule has 1 aromatic heterocycles. The van der Waals surface area contributed by atoms with Gasteiger partial charge in [-0.2, -0.15) is 0 Å². The Morgan fingerprint density at radius 3 is 2.43 bits per heavy atom. The Hall–Kier alpha value is -2.41. The highest BCUT2D eigenvalue weighted by molar-refractivity contribution is 7.07. The molecule has 2 heterocycles. The first kappa shape index (κ1) is 15.5. The quantitative estimate of drug-likeness (QED) is 0.860. The molecule has 1 aliphatic rings. The lowest BCUT2D eigenvalue weighted by molar-refractivity contribution is 0.0532. The summed E-state index contributed by atoms with van der Waals surface area (Å²) in [6.45, 7) is 2.08. The van der Waals surface area contributed by atoms with Gasteiger partial charge in [0, 0.05) is 37.1 Å². The van der Waals surface area contributed by atoms with Crippen molar-refractivity contribution in [1.29, 1.82) is 0 Å². The molecule has 0 aliphatic carbocycles. The van der Waals surface area contributed by atoms with Gasteiger partial charge in [0.15, 0.2) is 0 Å². The van der Waals surface area contributed by atoms with Crippen LogP contribution in [0.2, 0.25) is 0 Å². The molecule has 0 N–H and O–H groups in total. The lowest BCUT2D eigenvalue weighted by Crippen LogP contribution is -2.50. The molecule has 120 valence electrons. The molecule has 1 fully saturated rings. The van der Waals surface area contributed by atoms with Crippen molar-refractivity contribution in [1.82, 2.24) is 14.8 Å². The number of benzene rings is 1. The maximum absolute atomic E-state index is 12.5. The molecule has 2 aromatic rings. The van der Waals surface area contributed by atoms with Crippen molar-refractivity contribution in [3.8, 4) is 5.75 Å². The Balaban J connectivity index is 1.62. The third kappa shape index (κ3) is 3.34. The number of rotatable bonds is 3. The Morgan fingerprint density at radius 1 is 1.13 bits per heavy atom. The minimum absolute atomic E-state index is 0.0374. The molecule has 0 radical (unpaired) electrons. The number of amides is 2. The first-order chi connectivity index (χ1) is 11.2. The summed E-state index contributed by atoms with van der Waals surface area (Å²) in [4.78, 5) is 32.3. The van der Waals surface area contributed by atoms with Gasteiger partial charge in [0.1, 0.15) is 11.4 Å². The van der Waals surface area contributed by atoms with E-state index >= 15 is 0 Å². The number of carbonyl (C=O) groups excluding carboxylic acids is 2. The fourth-order valence-corrected chi connectivity index (χ4v) is 3.06. The fourth-order valence-electron chi connectivity index (χ4n) is 2.53. The zero-order valence-electron chi connectivity index (χ0n) is 12.8. The van der Waals surface area contributed by atoms with Gasteiger partial charge in [-0.1, -0.05) is 6.07 Å². The number of thiazole rings is 1. The standard InChI is InChI=1S/C16H17N3O3S/c1-22-13-4-2-3-12(9-13)15(20)18-5-7-19(8-6-18)16(21)14-10-23-11-17-14/h2-4,9-11H,5-8H2,1H3. The van der Waals surface area contributed by atoms with Gasteiger partial charge >= 0.3 is 0 Å². The zero-order chi connectivity index (χ0) is 16.2. The van der Waals surface area contributed by atoms with E-state index in [0.29, 0.717) is 43.2 Å². The van der Waals surface area contributed by atoms with Gasteiger partial charge in [0.25, 0.3) is 11.8 Å². The van der Waals surface area contributed by atoms with E-state index in [1.807, 2.05) is 0 Å². The third-order valence-corrected chi connectivity index (χ3v) is 4.41. The van der Waals surface area contributed by atoms with Crippen molar-refractivity contribution in [2.75, 3.05) is 33.3 Å². The Kier molecular flexibility index (Phi) is 4.57. The second kappa shape index (κ2) is 6.78. The van der Waals surface area contributed by atoms with Crippen LogP contribution in [0.3, 0.4) is 0 Å². The smallest absolute Gasteiger partial charge is 0.273 e. The van der Waals surface area contributed by atoms with Crippen molar-refractivity contribution in [2.45, 2.75) is 0 Å². The highest BCUT2D eigenvalue weighted by Crippen LogP contribution is 2.16. The highest BCUT2D eigenvalue weighted by atomic mass is 32.1. The molecule has 0 unspecified atom stereocenters. The number of carbonyl (C=O) groups is 2. The fraction of sp³-hybridized carbons (Fsp3) is 0.312. The molecular formula is C16H17N3O3S. The summed E-state index contributed by atoms with van der Waals surface area (Å²) in [5.41, 5.74) is 2.72. The summed E-state index contributed by atoms with van der Waals surface area (Å²) < 4.78 is 5.15. The summed E-state index contributed by atoms with van der Waals surface area (Å²) in [7, 11) is 1.58. The van der Waals surface area contributed by atoms with Crippen molar-refractivity contribution in [3.63, 3.8) is 0 Å². The molecule has 0 atom stereocenters. The molecule has 2 amide bonds. The van der Waals surface area contributed by atoms with Crippen LogP contribution in [-0.2, 0) is 0 Å². The summed E-state index contributed by atoms with van der Waals surface area (Å²) in [6, 6.07) is 7.11. The predicted octanol–water partition coefficient (Wildman–Crippen LogP) is 1.75. The van der Waals surface area contributed by atoms with Crippen molar-refractivity contribution in [2.24, 2.45) is 0 Å². The Bertz CT molecular complexity index is 694. The summed E-state index contributed by atoms with van der Waals surface area (Å²) in [5, 5.41) is 1.75. The summed E-state index contributed by atoms with van der Waals surface area (Å²) >= 11 is 1.40. The maximum atomic E-state index is 12.5. The van der Waals surface area contributed by atoms with Gasteiger partial charge in [0.05, 0.1) is 12.6 Å². The molecule has 1 aromatic carbocycles. The number of nitrogens with zero attached hydrogens (tertiary/aromatic N) is 3. The number of hydrogen-bond donors (Lipinski definition) is 0. The van der Waals surface area contributed by atoms with Crippen LogP contribution in [0.15, 0.2) is 35.2 Å². The lowest BCUT2D eigenvalue weighted by Gasteiger charge is -2.34. The van der Waals surface area contributed by atoms with Gasteiger partial charge in [-0.15, -0.1) is 11.3 Å². The van der Waals surface area contributed by atoms with E-state index in [9.17, 15) is 9.59 Å². The summed E-state index contributed by atoms with van der Waals surface area (Å²) in [5.74, 6) is 0.553. The van der Waals surface area contributed by atoms with Crippen LogP contribution in [0.4, 0.5) is 0 Å². The third-order valence-electron chi connectivity index (χ3n) is 3.82. The Labute approximate surface area is 138 Å². The Morgan fingerprint density at radius 2 is 1.83 bits per heavy atom. The molecule has 6 nitrogen and oxygen atoms in total. The molecule has 1 saturated heterocycles. The summed E-state index contributed by atoms with van der Waals surface area (Å²) in [6.07, 6.45) is 0. The van der Waals surface area contributed by atoms with E-state index in [-0.39, 0.29) is 11.8 Å². The van der Waals surface area contributed by atoms with Crippen molar-refractivity contribution in [3.05, 3.63) is 46.4 Å². The second-order valence-corrected chi connectivity index (χ2v) is 5.91. The van der Waals surface area contributed by atoms with Crippen LogP contribution in [0.1, 0.15) is 20.8 Å². The molecule has 0 saturated carbocycles. The normalized spacial score (nSPS) is 14.7.